The maximum Gasteiger partial charge on any atom is 0.0648 e. The van der Waals surface area contributed by atoms with Crippen molar-refractivity contribution >= 4 is 0 Å². The van der Waals surface area contributed by atoms with Gasteiger partial charge in [-0.25, -0.2) is 0 Å². The van der Waals surface area contributed by atoms with Crippen LogP contribution in [0.2, 0.25) is 0 Å². The molecule has 0 bridgehead atoms. The van der Waals surface area contributed by atoms with Crippen LogP contribution < -0.4 is 0 Å². The van der Waals surface area contributed by atoms with E-state index in [9.17, 15) is 5.11 Å². The molecule has 0 unspecified atom stereocenters. The van der Waals surface area contributed by atoms with Gasteiger partial charge >= 0.3 is 0 Å². The topological polar surface area (TPSA) is 32.7 Å². The molecule has 1 aliphatic heterocycles. The fourth-order valence-corrected chi connectivity index (χ4v) is 2.29. The molecule has 3 nitrogen and oxygen atoms in total. The van der Waals surface area contributed by atoms with Crippen molar-refractivity contribution in [3.8, 4) is 0 Å². The normalized spacial score (nSPS) is 27.2. The third-order valence-electron chi connectivity index (χ3n) is 3.50. The quantitative estimate of drug-likeness (QED) is 0.733. The van der Waals surface area contributed by atoms with Gasteiger partial charge in [0, 0.05) is 13.1 Å². The SMILES string of the molecule is OC1(CCCN2CCOCC2)CCC1. The molecule has 0 spiro atoms. The minimum absolute atomic E-state index is 0.285. The van der Waals surface area contributed by atoms with Crippen LogP contribution in [-0.2, 0) is 4.74 Å². The van der Waals surface area contributed by atoms with Crippen molar-refractivity contribution in [1.29, 1.82) is 0 Å². The summed E-state index contributed by atoms with van der Waals surface area (Å²) in [6.07, 6.45) is 5.39. The van der Waals surface area contributed by atoms with Gasteiger partial charge in [0.1, 0.15) is 0 Å². The van der Waals surface area contributed by atoms with E-state index in [1.165, 1.54) is 6.42 Å². The van der Waals surface area contributed by atoms with E-state index in [-0.39, 0.29) is 5.60 Å². The summed E-state index contributed by atoms with van der Waals surface area (Å²) < 4.78 is 5.29. The molecule has 0 radical (unpaired) electrons. The Morgan fingerprint density at radius 2 is 1.93 bits per heavy atom. The lowest BCUT2D eigenvalue weighted by Crippen LogP contribution is -2.40. The summed E-state index contributed by atoms with van der Waals surface area (Å²) in [5.41, 5.74) is -0.285. The molecule has 0 amide bonds. The van der Waals surface area contributed by atoms with E-state index >= 15 is 0 Å². The monoisotopic (exact) mass is 199 g/mol. The molecule has 3 heteroatoms. The maximum atomic E-state index is 9.90. The highest BCUT2D eigenvalue weighted by Gasteiger charge is 2.33. The summed E-state index contributed by atoms with van der Waals surface area (Å²) in [5.74, 6) is 0. The highest BCUT2D eigenvalue weighted by atomic mass is 16.5. The molecule has 2 fully saturated rings. The molecule has 1 aliphatic carbocycles. The predicted octanol–water partition coefficient (Wildman–Crippen LogP) is 1.01. The smallest absolute Gasteiger partial charge is 0.0648 e. The molecule has 0 aromatic rings. The van der Waals surface area contributed by atoms with E-state index in [1.807, 2.05) is 0 Å². The van der Waals surface area contributed by atoms with Crippen LogP contribution in [0.15, 0.2) is 0 Å². The Morgan fingerprint density at radius 1 is 1.21 bits per heavy atom. The van der Waals surface area contributed by atoms with Crippen molar-refractivity contribution < 1.29 is 9.84 Å². The molecule has 2 rings (SSSR count). The van der Waals surface area contributed by atoms with Gasteiger partial charge in [-0.05, 0) is 38.6 Å². The predicted molar refractivity (Wildman–Crippen MR) is 55.3 cm³/mol. The van der Waals surface area contributed by atoms with Gasteiger partial charge in [-0.3, -0.25) is 4.90 Å². The third-order valence-corrected chi connectivity index (χ3v) is 3.50. The fourth-order valence-electron chi connectivity index (χ4n) is 2.29. The second kappa shape index (κ2) is 4.60. The van der Waals surface area contributed by atoms with Gasteiger partial charge < -0.3 is 9.84 Å². The van der Waals surface area contributed by atoms with Crippen molar-refractivity contribution in [2.75, 3.05) is 32.8 Å². The van der Waals surface area contributed by atoms with E-state index in [2.05, 4.69) is 4.90 Å². The molecule has 82 valence electrons. The number of aliphatic hydroxyl groups is 1. The Bertz CT molecular complexity index is 174. The first kappa shape index (κ1) is 10.4. The van der Waals surface area contributed by atoms with Gasteiger partial charge in [0.05, 0.1) is 18.8 Å². The average molecular weight is 199 g/mol. The molecule has 1 heterocycles. The zero-order chi connectivity index (χ0) is 9.86. The van der Waals surface area contributed by atoms with Gasteiger partial charge in [-0.1, -0.05) is 0 Å². The minimum Gasteiger partial charge on any atom is -0.390 e. The van der Waals surface area contributed by atoms with E-state index in [1.54, 1.807) is 0 Å². The largest absolute Gasteiger partial charge is 0.390 e. The highest BCUT2D eigenvalue weighted by Crippen LogP contribution is 2.35. The number of hydrogen-bond donors (Lipinski definition) is 1. The zero-order valence-electron chi connectivity index (χ0n) is 8.87. The molecule has 0 aromatic carbocycles. The lowest BCUT2D eigenvalue weighted by molar-refractivity contribution is -0.0448. The van der Waals surface area contributed by atoms with Gasteiger partial charge in [0.25, 0.3) is 0 Å². The van der Waals surface area contributed by atoms with E-state index in [0.29, 0.717) is 0 Å². The van der Waals surface area contributed by atoms with Crippen LogP contribution in [-0.4, -0.2) is 48.5 Å². The Hall–Kier alpha value is -0.120. The number of nitrogens with zero attached hydrogens (tertiary/aromatic N) is 1. The third kappa shape index (κ3) is 2.69. The standard InChI is InChI=1S/C11H21NO2/c13-11(3-1-4-11)5-2-6-12-7-9-14-10-8-12/h13H,1-10H2. The first-order valence-electron chi connectivity index (χ1n) is 5.81. The summed E-state index contributed by atoms with van der Waals surface area (Å²) in [5, 5.41) is 9.90. The number of morpholine rings is 1. The summed E-state index contributed by atoms with van der Waals surface area (Å²) >= 11 is 0. The molecule has 14 heavy (non-hydrogen) atoms. The molecule has 2 aliphatic rings. The van der Waals surface area contributed by atoms with E-state index < -0.39 is 0 Å². The number of ether oxygens (including phenoxy) is 1. The van der Waals surface area contributed by atoms with Crippen LogP contribution in [0.3, 0.4) is 0 Å². The van der Waals surface area contributed by atoms with Crippen molar-refractivity contribution in [2.45, 2.75) is 37.7 Å². The van der Waals surface area contributed by atoms with Gasteiger partial charge in [-0.2, -0.15) is 0 Å². The molecule has 1 saturated heterocycles. The van der Waals surface area contributed by atoms with Crippen LogP contribution in [0.4, 0.5) is 0 Å². The van der Waals surface area contributed by atoms with Crippen LogP contribution in [0.5, 0.6) is 0 Å². The second-order valence-electron chi connectivity index (χ2n) is 4.64. The number of hydrogen-bond acceptors (Lipinski definition) is 3. The van der Waals surface area contributed by atoms with Gasteiger partial charge in [-0.15, -0.1) is 0 Å². The number of rotatable bonds is 4. The Morgan fingerprint density at radius 3 is 2.50 bits per heavy atom. The van der Waals surface area contributed by atoms with Crippen molar-refractivity contribution in [2.24, 2.45) is 0 Å². The minimum atomic E-state index is -0.285. The van der Waals surface area contributed by atoms with Crippen molar-refractivity contribution in [3.63, 3.8) is 0 Å². The summed E-state index contributed by atoms with van der Waals surface area (Å²) in [4.78, 5) is 2.44. The lowest BCUT2D eigenvalue weighted by atomic mass is 9.77. The molecule has 1 N–H and O–H groups in total. The maximum absolute atomic E-state index is 9.90. The van der Waals surface area contributed by atoms with Crippen LogP contribution in [0.25, 0.3) is 0 Å². The summed E-state index contributed by atoms with van der Waals surface area (Å²) in [7, 11) is 0. The Labute approximate surface area is 86.0 Å². The van der Waals surface area contributed by atoms with Crippen molar-refractivity contribution in [3.05, 3.63) is 0 Å². The summed E-state index contributed by atoms with van der Waals surface area (Å²) in [6.45, 7) is 5.02. The second-order valence-corrected chi connectivity index (χ2v) is 4.64. The van der Waals surface area contributed by atoms with E-state index in [0.717, 1.165) is 58.5 Å². The van der Waals surface area contributed by atoms with Crippen LogP contribution >= 0.6 is 0 Å². The first-order chi connectivity index (χ1) is 6.79. The van der Waals surface area contributed by atoms with Gasteiger partial charge in [0.15, 0.2) is 0 Å². The molecule has 1 saturated carbocycles. The summed E-state index contributed by atoms with van der Waals surface area (Å²) in [6, 6.07) is 0. The lowest BCUT2D eigenvalue weighted by Gasteiger charge is -2.37. The fraction of sp³-hybridized carbons (Fsp3) is 1.00. The molecular formula is C11H21NO2. The molecular weight excluding hydrogens is 178 g/mol. The Kier molecular flexibility index (Phi) is 3.42. The highest BCUT2D eigenvalue weighted by molar-refractivity contribution is 4.87. The molecule has 0 aromatic heterocycles. The molecule has 0 atom stereocenters. The van der Waals surface area contributed by atoms with Gasteiger partial charge in [0.2, 0.25) is 0 Å². The zero-order valence-corrected chi connectivity index (χ0v) is 8.87. The van der Waals surface area contributed by atoms with E-state index in [4.69, 9.17) is 4.74 Å². The first-order valence-corrected chi connectivity index (χ1v) is 5.81. The average Bonchev–Trinajstić information content (AvgIpc) is 2.17. The van der Waals surface area contributed by atoms with Crippen molar-refractivity contribution in [1.82, 2.24) is 4.90 Å². The van der Waals surface area contributed by atoms with Crippen LogP contribution in [0.1, 0.15) is 32.1 Å². The van der Waals surface area contributed by atoms with Crippen LogP contribution in [0, 0.1) is 0 Å². The Balaban J connectivity index is 1.57.